The molecule has 168 valence electrons. The molecule has 1 aliphatic rings. The van der Waals surface area contributed by atoms with Gasteiger partial charge >= 0.3 is 5.97 Å². The Balaban J connectivity index is 1.59. The van der Waals surface area contributed by atoms with Crippen LogP contribution in [0.2, 0.25) is 10.0 Å². The molecule has 5 nitrogen and oxygen atoms in total. The van der Waals surface area contributed by atoms with E-state index in [1.165, 1.54) is 19.3 Å². The summed E-state index contributed by atoms with van der Waals surface area (Å²) >= 11 is 12.2. The van der Waals surface area contributed by atoms with Crippen molar-refractivity contribution in [2.45, 2.75) is 38.1 Å². The molecular weight excluding hydrogens is 459 g/mol. The molecular formula is C26H22Cl2N2O3. The first-order valence-electron chi connectivity index (χ1n) is 11.0. The van der Waals surface area contributed by atoms with Gasteiger partial charge in [0.15, 0.2) is 0 Å². The van der Waals surface area contributed by atoms with Crippen LogP contribution in [0.5, 0.6) is 11.5 Å². The van der Waals surface area contributed by atoms with Crippen molar-refractivity contribution in [3.05, 3.63) is 76.3 Å². The number of fused-ring (bicyclic) bond motifs is 1. The van der Waals surface area contributed by atoms with Crippen molar-refractivity contribution in [2.75, 3.05) is 0 Å². The van der Waals surface area contributed by atoms with E-state index in [1.807, 2.05) is 30.3 Å². The second-order valence-electron chi connectivity index (χ2n) is 8.34. The Morgan fingerprint density at radius 3 is 2.42 bits per heavy atom. The maximum atomic E-state index is 11.5. The van der Waals surface area contributed by atoms with Crippen molar-refractivity contribution in [3.63, 3.8) is 0 Å². The van der Waals surface area contributed by atoms with Crippen LogP contribution in [0.25, 0.3) is 22.4 Å². The molecule has 0 bridgehead atoms. The van der Waals surface area contributed by atoms with Gasteiger partial charge in [0, 0.05) is 21.7 Å². The third-order valence-electron chi connectivity index (χ3n) is 6.04. The van der Waals surface area contributed by atoms with Crippen molar-refractivity contribution >= 4 is 40.2 Å². The lowest BCUT2D eigenvalue weighted by Crippen LogP contribution is -2.14. The minimum Gasteiger partial charge on any atom is -0.478 e. The van der Waals surface area contributed by atoms with Crippen molar-refractivity contribution in [2.24, 2.45) is 0 Å². The molecule has 0 spiro atoms. The second-order valence-corrected chi connectivity index (χ2v) is 9.21. The molecule has 0 radical (unpaired) electrons. The largest absolute Gasteiger partial charge is 0.478 e. The summed E-state index contributed by atoms with van der Waals surface area (Å²) in [6.07, 6.45) is 5.76. The maximum absolute atomic E-state index is 11.5. The molecule has 0 saturated heterocycles. The number of benzene rings is 3. The molecule has 5 rings (SSSR count). The fourth-order valence-corrected chi connectivity index (χ4v) is 5.07. The van der Waals surface area contributed by atoms with Gasteiger partial charge in [0.1, 0.15) is 17.3 Å². The van der Waals surface area contributed by atoms with E-state index in [0.717, 1.165) is 29.7 Å². The summed E-state index contributed by atoms with van der Waals surface area (Å²) < 4.78 is 8.30. The first-order chi connectivity index (χ1) is 16.0. The molecule has 0 amide bonds. The number of hydrogen-bond acceptors (Lipinski definition) is 3. The average Bonchev–Trinajstić information content (AvgIpc) is 3.18. The van der Waals surface area contributed by atoms with Crippen LogP contribution in [0, 0.1) is 0 Å². The molecule has 1 saturated carbocycles. The van der Waals surface area contributed by atoms with Crippen molar-refractivity contribution in [1.82, 2.24) is 9.55 Å². The van der Waals surface area contributed by atoms with E-state index in [4.69, 9.17) is 32.9 Å². The molecule has 0 atom stereocenters. The zero-order valence-corrected chi connectivity index (χ0v) is 19.3. The first kappa shape index (κ1) is 21.8. The number of ether oxygens (including phenoxy) is 1. The molecule has 1 aromatic heterocycles. The van der Waals surface area contributed by atoms with Gasteiger partial charge in [-0.3, -0.25) is 0 Å². The number of aromatic carboxylic acids is 1. The SMILES string of the molecule is O=C(O)c1ccc2c(c1)nc(-c1cccc(Oc3cc(Cl)cc(Cl)c3)c1)n2C1CCCCC1. The Hall–Kier alpha value is -3.02. The number of hydrogen-bond donors (Lipinski definition) is 1. The maximum Gasteiger partial charge on any atom is 0.335 e. The van der Waals surface area contributed by atoms with Gasteiger partial charge in [0.05, 0.1) is 16.6 Å². The van der Waals surface area contributed by atoms with Gasteiger partial charge in [-0.25, -0.2) is 9.78 Å². The topological polar surface area (TPSA) is 64.3 Å². The zero-order chi connectivity index (χ0) is 22.9. The molecule has 0 unspecified atom stereocenters. The first-order valence-corrected chi connectivity index (χ1v) is 11.7. The quantitative estimate of drug-likeness (QED) is 0.314. The third-order valence-corrected chi connectivity index (χ3v) is 6.48. The van der Waals surface area contributed by atoms with Gasteiger partial charge in [-0.2, -0.15) is 0 Å². The van der Waals surface area contributed by atoms with Crippen molar-refractivity contribution < 1.29 is 14.6 Å². The highest BCUT2D eigenvalue weighted by Gasteiger charge is 2.23. The summed E-state index contributed by atoms with van der Waals surface area (Å²) in [6.45, 7) is 0. The van der Waals surface area contributed by atoms with E-state index in [2.05, 4.69) is 4.57 Å². The number of rotatable bonds is 5. The number of aromatic nitrogens is 2. The van der Waals surface area contributed by atoms with Gasteiger partial charge in [-0.1, -0.05) is 54.6 Å². The fourth-order valence-electron chi connectivity index (χ4n) is 4.57. The number of halogens is 2. The number of carboxylic acids is 1. The van der Waals surface area contributed by atoms with Gasteiger partial charge in [-0.15, -0.1) is 0 Å². The number of imidazole rings is 1. The van der Waals surface area contributed by atoms with Gasteiger partial charge in [0.2, 0.25) is 0 Å². The molecule has 3 aromatic carbocycles. The third kappa shape index (κ3) is 4.56. The highest BCUT2D eigenvalue weighted by atomic mass is 35.5. The van der Waals surface area contributed by atoms with E-state index in [9.17, 15) is 9.90 Å². The average molecular weight is 481 g/mol. The highest BCUT2D eigenvalue weighted by Crippen LogP contribution is 2.37. The van der Waals surface area contributed by atoms with Crippen LogP contribution in [0.3, 0.4) is 0 Å². The van der Waals surface area contributed by atoms with Gasteiger partial charge in [0.25, 0.3) is 0 Å². The Bertz CT molecular complexity index is 1320. The Morgan fingerprint density at radius 1 is 0.939 bits per heavy atom. The van der Waals surface area contributed by atoms with Gasteiger partial charge < -0.3 is 14.4 Å². The predicted octanol–water partition coefficient (Wildman–Crippen LogP) is 8.01. The number of carbonyl (C=O) groups is 1. The molecule has 1 N–H and O–H groups in total. The molecule has 1 aliphatic carbocycles. The summed E-state index contributed by atoms with van der Waals surface area (Å²) in [6, 6.07) is 18.3. The number of carboxylic acid groups (broad SMARTS) is 1. The molecule has 4 aromatic rings. The van der Waals surface area contributed by atoms with Crippen LogP contribution in [-0.2, 0) is 0 Å². The minimum atomic E-state index is -0.957. The van der Waals surface area contributed by atoms with Crippen LogP contribution in [0.1, 0.15) is 48.5 Å². The van der Waals surface area contributed by atoms with E-state index in [1.54, 1.807) is 30.3 Å². The number of nitrogens with zero attached hydrogens (tertiary/aromatic N) is 2. The predicted molar refractivity (Wildman–Crippen MR) is 131 cm³/mol. The Kier molecular flexibility index (Phi) is 6.00. The van der Waals surface area contributed by atoms with E-state index in [-0.39, 0.29) is 5.56 Å². The standard InChI is InChI=1S/C26H22Cl2N2O3/c27-18-13-19(28)15-22(14-18)33-21-8-4-5-16(11-21)25-29-23-12-17(26(31)32)9-10-24(23)30(25)20-6-2-1-3-7-20/h4-5,8-15,20H,1-3,6-7H2,(H,31,32). The Morgan fingerprint density at radius 2 is 1.70 bits per heavy atom. The molecule has 1 fully saturated rings. The van der Waals surface area contributed by atoms with Crippen LogP contribution in [0.4, 0.5) is 0 Å². The monoisotopic (exact) mass is 480 g/mol. The smallest absolute Gasteiger partial charge is 0.335 e. The Labute approximate surface area is 201 Å². The van der Waals surface area contributed by atoms with Crippen LogP contribution >= 0.6 is 23.2 Å². The molecule has 0 aliphatic heterocycles. The van der Waals surface area contributed by atoms with Crippen LogP contribution in [-0.4, -0.2) is 20.6 Å². The summed E-state index contributed by atoms with van der Waals surface area (Å²) in [5, 5.41) is 10.4. The summed E-state index contributed by atoms with van der Waals surface area (Å²) in [4.78, 5) is 16.4. The van der Waals surface area contributed by atoms with E-state index >= 15 is 0 Å². The van der Waals surface area contributed by atoms with Crippen LogP contribution < -0.4 is 4.74 Å². The molecule has 7 heteroatoms. The van der Waals surface area contributed by atoms with Crippen LogP contribution in [0.15, 0.2) is 60.7 Å². The van der Waals surface area contributed by atoms with E-state index in [0.29, 0.717) is 33.1 Å². The van der Waals surface area contributed by atoms with E-state index < -0.39 is 5.97 Å². The van der Waals surface area contributed by atoms with Crippen molar-refractivity contribution in [1.29, 1.82) is 0 Å². The lowest BCUT2D eigenvalue weighted by atomic mass is 9.95. The normalized spacial score (nSPS) is 14.5. The van der Waals surface area contributed by atoms with Crippen molar-refractivity contribution in [3.8, 4) is 22.9 Å². The fraction of sp³-hybridized carbons (Fsp3) is 0.231. The minimum absolute atomic E-state index is 0.234. The lowest BCUT2D eigenvalue weighted by molar-refractivity contribution is 0.0697. The molecule has 1 heterocycles. The summed E-state index contributed by atoms with van der Waals surface area (Å²) in [5.41, 5.74) is 2.77. The molecule has 33 heavy (non-hydrogen) atoms. The summed E-state index contributed by atoms with van der Waals surface area (Å²) in [5.74, 6) is 1.05. The highest BCUT2D eigenvalue weighted by molar-refractivity contribution is 6.34. The second kappa shape index (κ2) is 9.08. The summed E-state index contributed by atoms with van der Waals surface area (Å²) in [7, 11) is 0. The van der Waals surface area contributed by atoms with Gasteiger partial charge in [-0.05, 0) is 61.4 Å². The zero-order valence-electron chi connectivity index (χ0n) is 17.8. The lowest BCUT2D eigenvalue weighted by Gasteiger charge is -2.25.